The van der Waals surface area contributed by atoms with E-state index in [9.17, 15) is 0 Å². The van der Waals surface area contributed by atoms with Gasteiger partial charge in [0.05, 0.1) is 11.9 Å². The molecule has 0 saturated carbocycles. The van der Waals surface area contributed by atoms with Crippen molar-refractivity contribution in [1.82, 2.24) is 24.8 Å². The topological polar surface area (TPSA) is 69.7 Å². The smallest absolute Gasteiger partial charge is 0.156 e. The van der Waals surface area contributed by atoms with Gasteiger partial charge in [0, 0.05) is 30.0 Å². The lowest BCUT2D eigenvalue weighted by Gasteiger charge is -2.31. The molecule has 3 aromatic rings. The molecule has 4 heterocycles. The van der Waals surface area contributed by atoms with Crippen molar-refractivity contribution in [3.05, 3.63) is 36.3 Å². The van der Waals surface area contributed by atoms with Crippen LogP contribution in [0.1, 0.15) is 18.5 Å². The van der Waals surface area contributed by atoms with Gasteiger partial charge in [-0.15, -0.1) is 0 Å². The van der Waals surface area contributed by atoms with Crippen molar-refractivity contribution in [3.8, 4) is 11.3 Å². The van der Waals surface area contributed by atoms with Crippen molar-refractivity contribution in [3.63, 3.8) is 0 Å². The maximum Gasteiger partial charge on any atom is 0.156 e. The number of aromatic amines is 1. The molecule has 1 aliphatic rings. The molecular formula is C18H22N6. The van der Waals surface area contributed by atoms with Gasteiger partial charge in [-0.25, -0.2) is 15.0 Å². The minimum atomic E-state index is 0.417. The molecular weight excluding hydrogens is 300 g/mol. The molecule has 1 fully saturated rings. The van der Waals surface area contributed by atoms with E-state index in [0.717, 1.165) is 40.5 Å². The molecule has 0 radical (unpaired) electrons. The van der Waals surface area contributed by atoms with E-state index in [0.29, 0.717) is 6.04 Å². The highest BCUT2D eigenvalue weighted by Gasteiger charge is 2.19. The fourth-order valence-electron chi connectivity index (χ4n) is 3.31. The van der Waals surface area contributed by atoms with E-state index in [1.807, 2.05) is 31.5 Å². The molecule has 6 heteroatoms. The molecule has 0 amide bonds. The van der Waals surface area contributed by atoms with Crippen LogP contribution in [0.5, 0.6) is 0 Å². The van der Waals surface area contributed by atoms with E-state index >= 15 is 0 Å². The average molecular weight is 322 g/mol. The second kappa shape index (κ2) is 6.20. The number of likely N-dealkylation sites (tertiary alicyclic amines) is 1. The zero-order valence-corrected chi connectivity index (χ0v) is 14.1. The Morgan fingerprint density at radius 2 is 2.17 bits per heavy atom. The van der Waals surface area contributed by atoms with Crippen LogP contribution in [0.2, 0.25) is 0 Å². The minimum Gasteiger partial charge on any atom is -0.365 e. The number of hydrogen-bond donors (Lipinski definition) is 2. The fraction of sp³-hybridized carbons (Fsp3) is 0.389. The first-order valence-corrected chi connectivity index (χ1v) is 8.42. The van der Waals surface area contributed by atoms with Crippen LogP contribution < -0.4 is 5.32 Å². The van der Waals surface area contributed by atoms with Gasteiger partial charge < -0.3 is 15.2 Å². The van der Waals surface area contributed by atoms with Gasteiger partial charge in [0.15, 0.2) is 5.65 Å². The summed E-state index contributed by atoms with van der Waals surface area (Å²) in [5.41, 5.74) is 4.53. The molecule has 0 spiro atoms. The average Bonchev–Trinajstić information content (AvgIpc) is 3.02. The normalized spacial score (nSPS) is 18.8. The molecule has 1 saturated heterocycles. The number of hydrogen-bond acceptors (Lipinski definition) is 5. The largest absolute Gasteiger partial charge is 0.365 e. The Morgan fingerprint density at radius 1 is 1.25 bits per heavy atom. The number of anilines is 1. The third-order valence-corrected chi connectivity index (χ3v) is 4.54. The Kier molecular flexibility index (Phi) is 3.90. The quantitative estimate of drug-likeness (QED) is 0.776. The van der Waals surface area contributed by atoms with E-state index in [-0.39, 0.29) is 0 Å². The Morgan fingerprint density at radius 3 is 3.04 bits per heavy atom. The first-order valence-electron chi connectivity index (χ1n) is 8.42. The number of rotatable bonds is 3. The summed E-state index contributed by atoms with van der Waals surface area (Å²) < 4.78 is 0. The van der Waals surface area contributed by atoms with E-state index < -0.39 is 0 Å². The van der Waals surface area contributed by atoms with E-state index in [4.69, 9.17) is 9.97 Å². The molecule has 1 aliphatic heterocycles. The van der Waals surface area contributed by atoms with Crippen molar-refractivity contribution in [1.29, 1.82) is 0 Å². The minimum absolute atomic E-state index is 0.417. The number of aryl methyl sites for hydroxylation is 1. The lowest BCUT2D eigenvalue weighted by molar-refractivity contribution is 0.261. The Hall–Kier alpha value is -2.47. The van der Waals surface area contributed by atoms with Gasteiger partial charge in [0.1, 0.15) is 11.3 Å². The van der Waals surface area contributed by atoms with Crippen LogP contribution >= 0.6 is 0 Å². The summed E-state index contributed by atoms with van der Waals surface area (Å²) in [6.07, 6.45) is 6.05. The van der Waals surface area contributed by atoms with Crippen LogP contribution in [-0.4, -0.2) is 51.0 Å². The van der Waals surface area contributed by atoms with E-state index in [1.165, 1.54) is 19.4 Å². The Balaban J connectivity index is 1.69. The molecule has 0 aliphatic carbocycles. The van der Waals surface area contributed by atoms with Gasteiger partial charge in [-0.05, 0) is 51.6 Å². The molecule has 6 nitrogen and oxygen atoms in total. The van der Waals surface area contributed by atoms with Crippen LogP contribution in [0.3, 0.4) is 0 Å². The summed E-state index contributed by atoms with van der Waals surface area (Å²) in [5, 5.41) is 3.63. The van der Waals surface area contributed by atoms with Crippen molar-refractivity contribution >= 4 is 17.0 Å². The van der Waals surface area contributed by atoms with Crippen LogP contribution in [-0.2, 0) is 0 Å². The van der Waals surface area contributed by atoms with Crippen LogP contribution in [0, 0.1) is 6.92 Å². The zero-order valence-electron chi connectivity index (χ0n) is 14.1. The number of likely N-dealkylation sites (N-methyl/N-ethyl adjacent to an activating group) is 1. The predicted octanol–water partition coefficient (Wildman–Crippen LogP) is 2.83. The van der Waals surface area contributed by atoms with Gasteiger partial charge in [0.2, 0.25) is 0 Å². The van der Waals surface area contributed by atoms with Gasteiger partial charge in [-0.1, -0.05) is 0 Å². The molecule has 4 rings (SSSR count). The van der Waals surface area contributed by atoms with Crippen molar-refractivity contribution < 1.29 is 0 Å². The second-order valence-corrected chi connectivity index (χ2v) is 6.56. The molecule has 0 aromatic carbocycles. The third-order valence-electron chi connectivity index (χ3n) is 4.54. The molecule has 2 N–H and O–H groups in total. The van der Waals surface area contributed by atoms with Crippen LogP contribution in [0.4, 0.5) is 5.82 Å². The number of fused-ring (bicyclic) bond motifs is 1. The monoisotopic (exact) mass is 322 g/mol. The number of H-pyrrole nitrogens is 1. The Bertz CT molecular complexity index is 856. The summed E-state index contributed by atoms with van der Waals surface area (Å²) >= 11 is 0. The second-order valence-electron chi connectivity index (χ2n) is 6.56. The molecule has 0 bridgehead atoms. The maximum absolute atomic E-state index is 4.73. The first-order chi connectivity index (χ1) is 11.7. The van der Waals surface area contributed by atoms with Crippen LogP contribution in [0.15, 0.2) is 30.6 Å². The summed E-state index contributed by atoms with van der Waals surface area (Å²) in [5.74, 6) is 0.902. The van der Waals surface area contributed by atoms with Crippen molar-refractivity contribution in [2.45, 2.75) is 25.8 Å². The maximum atomic E-state index is 4.73. The van der Waals surface area contributed by atoms with Crippen LogP contribution in [0.25, 0.3) is 22.4 Å². The van der Waals surface area contributed by atoms with Crippen molar-refractivity contribution in [2.24, 2.45) is 0 Å². The number of nitrogens with one attached hydrogen (secondary N) is 2. The SMILES string of the molecule is Cc1ccc(-c2cnc3[nH]ccc3n2)c(NC2CCCN(C)C2)n1. The third kappa shape index (κ3) is 2.97. The number of nitrogens with zero attached hydrogens (tertiary/aromatic N) is 4. The predicted molar refractivity (Wildman–Crippen MR) is 96.0 cm³/mol. The molecule has 1 unspecified atom stereocenters. The first kappa shape index (κ1) is 15.1. The summed E-state index contributed by atoms with van der Waals surface area (Å²) in [6.45, 7) is 4.22. The molecule has 24 heavy (non-hydrogen) atoms. The van der Waals surface area contributed by atoms with Gasteiger partial charge >= 0.3 is 0 Å². The van der Waals surface area contributed by atoms with E-state index in [2.05, 4.69) is 33.3 Å². The van der Waals surface area contributed by atoms with Gasteiger partial charge in [0.25, 0.3) is 0 Å². The standard InChI is InChI=1S/C18H22N6/c1-12-5-6-14(16-10-20-18-15(23-16)7-8-19-18)17(21-12)22-13-4-3-9-24(2)11-13/h5-8,10,13H,3-4,9,11H2,1-2H3,(H,19,20)(H,21,22). The van der Waals surface area contributed by atoms with Gasteiger partial charge in [-0.2, -0.15) is 0 Å². The summed E-state index contributed by atoms with van der Waals surface area (Å²) in [4.78, 5) is 19.4. The number of piperidine rings is 1. The molecule has 3 aromatic heterocycles. The lowest BCUT2D eigenvalue weighted by Crippen LogP contribution is -2.40. The number of aromatic nitrogens is 4. The fourth-order valence-corrected chi connectivity index (χ4v) is 3.31. The highest BCUT2D eigenvalue weighted by molar-refractivity contribution is 5.78. The molecule has 124 valence electrons. The van der Waals surface area contributed by atoms with Crippen molar-refractivity contribution in [2.75, 3.05) is 25.5 Å². The zero-order chi connectivity index (χ0) is 16.5. The summed E-state index contributed by atoms with van der Waals surface area (Å²) in [6, 6.07) is 6.47. The number of pyridine rings is 1. The Labute approximate surface area is 141 Å². The highest BCUT2D eigenvalue weighted by atomic mass is 15.2. The highest BCUT2D eigenvalue weighted by Crippen LogP contribution is 2.27. The van der Waals surface area contributed by atoms with E-state index in [1.54, 1.807) is 0 Å². The summed E-state index contributed by atoms with van der Waals surface area (Å²) in [7, 11) is 2.17. The molecule has 1 atom stereocenters. The van der Waals surface area contributed by atoms with Gasteiger partial charge in [-0.3, -0.25) is 0 Å². The lowest BCUT2D eigenvalue weighted by atomic mass is 10.1.